The molecule has 2 aromatic carbocycles. The Kier molecular flexibility index (Phi) is 4.84. The number of ether oxygens (including phenoxy) is 2. The van der Waals surface area contributed by atoms with Crippen LogP contribution >= 0.6 is 0 Å². The second-order valence-corrected chi connectivity index (χ2v) is 6.72. The molecule has 2 N–H and O–H groups in total. The van der Waals surface area contributed by atoms with Crippen molar-refractivity contribution in [2.75, 3.05) is 7.11 Å². The van der Waals surface area contributed by atoms with Gasteiger partial charge < -0.3 is 20.0 Å². The summed E-state index contributed by atoms with van der Waals surface area (Å²) in [6, 6.07) is 13.2. The number of oxime groups is 1. The Bertz CT molecular complexity index is 859. The van der Waals surface area contributed by atoms with E-state index in [1.54, 1.807) is 12.1 Å². The molecule has 1 aliphatic rings. The van der Waals surface area contributed by atoms with Crippen molar-refractivity contribution in [3.05, 3.63) is 59.2 Å². The first-order valence-electron chi connectivity index (χ1n) is 8.34. The van der Waals surface area contributed by atoms with E-state index in [2.05, 4.69) is 5.16 Å². The van der Waals surface area contributed by atoms with Gasteiger partial charge in [0.05, 0.1) is 0 Å². The summed E-state index contributed by atoms with van der Waals surface area (Å²) in [6.07, 6.45) is 0.836. The quantitative estimate of drug-likeness (QED) is 0.639. The number of carbonyl (C=O) groups is 1. The molecular formula is C20H22N2O4. The number of fused-ring (bicyclic) bond motifs is 1. The van der Waals surface area contributed by atoms with Crippen LogP contribution in [-0.4, -0.2) is 24.3 Å². The van der Waals surface area contributed by atoms with Crippen LogP contribution in [0.3, 0.4) is 0 Å². The molecular weight excluding hydrogens is 332 g/mol. The molecule has 136 valence electrons. The molecule has 0 aliphatic carbocycles. The number of nitrogens with zero attached hydrogens (tertiary/aromatic N) is 1. The highest BCUT2D eigenvalue weighted by atomic mass is 16.6. The zero-order valence-electron chi connectivity index (χ0n) is 15.1. The molecule has 0 fully saturated rings. The molecule has 26 heavy (non-hydrogen) atoms. The number of para-hydroxylation sites is 1. The van der Waals surface area contributed by atoms with Crippen molar-refractivity contribution in [3.63, 3.8) is 0 Å². The van der Waals surface area contributed by atoms with E-state index in [1.165, 1.54) is 7.11 Å². The fourth-order valence-electron chi connectivity index (χ4n) is 3.05. The Morgan fingerprint density at radius 1 is 1.23 bits per heavy atom. The van der Waals surface area contributed by atoms with E-state index in [9.17, 15) is 4.79 Å². The first-order chi connectivity index (χ1) is 12.4. The fourth-order valence-corrected chi connectivity index (χ4v) is 3.05. The predicted octanol–water partition coefficient (Wildman–Crippen LogP) is 2.81. The predicted molar refractivity (Wildman–Crippen MR) is 98.4 cm³/mol. The van der Waals surface area contributed by atoms with Crippen molar-refractivity contribution in [1.82, 2.24) is 0 Å². The Labute approximate surface area is 152 Å². The van der Waals surface area contributed by atoms with E-state index >= 15 is 0 Å². The molecule has 6 heteroatoms. The fraction of sp³-hybridized carbons (Fsp3) is 0.300. The molecule has 0 spiro atoms. The maximum Gasteiger partial charge on any atom is 0.271 e. The van der Waals surface area contributed by atoms with Gasteiger partial charge in [0.2, 0.25) is 0 Å². The first-order valence-corrected chi connectivity index (χ1v) is 8.34. The summed E-state index contributed by atoms with van der Waals surface area (Å²) in [6.45, 7) is 4.34. The summed E-state index contributed by atoms with van der Waals surface area (Å²) in [5.74, 6) is 0.785. The number of amides is 1. The number of nitrogens with two attached hydrogens (primary N) is 1. The molecule has 0 saturated carbocycles. The lowest BCUT2D eigenvalue weighted by atomic mass is 10.0. The molecule has 0 atom stereocenters. The zero-order chi connectivity index (χ0) is 18.7. The monoisotopic (exact) mass is 354 g/mol. The highest BCUT2D eigenvalue weighted by molar-refractivity contribution is 6.45. The highest BCUT2D eigenvalue weighted by Gasteiger charge is 2.32. The minimum atomic E-state index is -0.662. The molecule has 1 aliphatic heterocycles. The van der Waals surface area contributed by atoms with Crippen LogP contribution in [0.15, 0.2) is 47.6 Å². The van der Waals surface area contributed by atoms with Gasteiger partial charge in [-0.3, -0.25) is 4.79 Å². The number of hydrogen-bond acceptors (Lipinski definition) is 5. The normalized spacial score (nSPS) is 15.1. The van der Waals surface area contributed by atoms with Gasteiger partial charge in [0.25, 0.3) is 5.91 Å². The minimum absolute atomic E-state index is 0.0578. The van der Waals surface area contributed by atoms with Gasteiger partial charge >= 0.3 is 0 Å². The average Bonchev–Trinajstić information content (AvgIpc) is 2.92. The summed E-state index contributed by atoms with van der Waals surface area (Å²) in [5, 5.41) is 3.75. The van der Waals surface area contributed by atoms with Crippen LogP contribution in [0.2, 0.25) is 0 Å². The Hall–Kier alpha value is -3.02. The third-order valence-electron chi connectivity index (χ3n) is 4.13. The SMILES string of the molecule is CON=C(C(N)=O)c1ccccc1COc1cccc2c1OC(C)(C)C2. The molecule has 0 bridgehead atoms. The average molecular weight is 354 g/mol. The Balaban J connectivity index is 1.86. The zero-order valence-corrected chi connectivity index (χ0v) is 15.1. The molecule has 6 nitrogen and oxygen atoms in total. The number of benzene rings is 2. The van der Waals surface area contributed by atoms with Crippen LogP contribution in [0.4, 0.5) is 0 Å². The highest BCUT2D eigenvalue weighted by Crippen LogP contribution is 2.42. The van der Waals surface area contributed by atoms with Crippen molar-refractivity contribution < 1.29 is 19.1 Å². The van der Waals surface area contributed by atoms with E-state index in [4.69, 9.17) is 20.0 Å². The van der Waals surface area contributed by atoms with Gasteiger partial charge in [0.15, 0.2) is 17.2 Å². The van der Waals surface area contributed by atoms with E-state index in [1.807, 2.05) is 44.2 Å². The molecule has 0 radical (unpaired) electrons. The second kappa shape index (κ2) is 7.07. The van der Waals surface area contributed by atoms with E-state index < -0.39 is 5.91 Å². The van der Waals surface area contributed by atoms with Crippen molar-refractivity contribution >= 4 is 11.6 Å². The van der Waals surface area contributed by atoms with E-state index in [0.717, 1.165) is 23.3 Å². The summed E-state index contributed by atoms with van der Waals surface area (Å²) >= 11 is 0. The summed E-state index contributed by atoms with van der Waals surface area (Å²) in [5.41, 5.74) is 7.71. The van der Waals surface area contributed by atoms with E-state index in [0.29, 0.717) is 11.3 Å². The number of carbonyl (C=O) groups excluding carboxylic acids is 1. The number of rotatable bonds is 6. The first kappa shape index (κ1) is 17.8. The molecule has 1 amide bonds. The standard InChI is InChI=1S/C20H22N2O4/c1-20(2)11-13-8-6-10-16(18(13)26-20)25-12-14-7-4-5-9-15(14)17(19(21)23)22-24-3/h4-10H,11-12H2,1-3H3,(H2,21,23). The maximum atomic E-state index is 11.7. The largest absolute Gasteiger partial charge is 0.485 e. The third-order valence-corrected chi connectivity index (χ3v) is 4.13. The van der Waals surface area contributed by atoms with Crippen molar-refractivity contribution in [2.45, 2.75) is 32.5 Å². The van der Waals surface area contributed by atoms with Gasteiger partial charge in [-0.05, 0) is 25.5 Å². The molecule has 1 heterocycles. The van der Waals surface area contributed by atoms with Gasteiger partial charge in [0, 0.05) is 17.5 Å². The third kappa shape index (κ3) is 3.64. The van der Waals surface area contributed by atoms with Crippen LogP contribution in [0.5, 0.6) is 11.5 Å². The lowest BCUT2D eigenvalue weighted by molar-refractivity contribution is -0.112. The van der Waals surface area contributed by atoms with Crippen LogP contribution in [0, 0.1) is 0 Å². The molecule has 0 unspecified atom stereocenters. The lowest BCUT2D eigenvalue weighted by Crippen LogP contribution is -2.26. The lowest BCUT2D eigenvalue weighted by Gasteiger charge is -2.18. The van der Waals surface area contributed by atoms with Gasteiger partial charge in [0.1, 0.15) is 19.3 Å². The summed E-state index contributed by atoms with van der Waals surface area (Å²) in [7, 11) is 1.37. The molecule has 2 aromatic rings. The number of hydrogen-bond donors (Lipinski definition) is 1. The van der Waals surface area contributed by atoms with Crippen LogP contribution < -0.4 is 15.2 Å². The second-order valence-electron chi connectivity index (χ2n) is 6.72. The molecule has 0 aromatic heterocycles. The van der Waals surface area contributed by atoms with Crippen molar-refractivity contribution in [3.8, 4) is 11.5 Å². The van der Waals surface area contributed by atoms with Crippen molar-refractivity contribution in [1.29, 1.82) is 0 Å². The van der Waals surface area contributed by atoms with E-state index in [-0.39, 0.29) is 17.9 Å². The Morgan fingerprint density at radius 2 is 2.00 bits per heavy atom. The topological polar surface area (TPSA) is 83.1 Å². The summed E-state index contributed by atoms with van der Waals surface area (Å²) in [4.78, 5) is 16.4. The van der Waals surface area contributed by atoms with Gasteiger partial charge in [-0.25, -0.2) is 0 Å². The molecule has 3 rings (SSSR count). The Morgan fingerprint density at radius 3 is 2.73 bits per heavy atom. The van der Waals surface area contributed by atoms with Crippen molar-refractivity contribution in [2.24, 2.45) is 10.9 Å². The number of primary amides is 1. The van der Waals surface area contributed by atoms with Gasteiger partial charge in [-0.2, -0.15) is 0 Å². The molecule has 0 saturated heterocycles. The van der Waals surface area contributed by atoms with Crippen LogP contribution in [0.25, 0.3) is 0 Å². The van der Waals surface area contributed by atoms with Gasteiger partial charge in [-0.15, -0.1) is 0 Å². The minimum Gasteiger partial charge on any atom is -0.485 e. The smallest absolute Gasteiger partial charge is 0.271 e. The van der Waals surface area contributed by atoms with Crippen LogP contribution in [0.1, 0.15) is 30.5 Å². The van der Waals surface area contributed by atoms with Gasteiger partial charge in [-0.1, -0.05) is 41.6 Å². The van der Waals surface area contributed by atoms with Crippen LogP contribution in [-0.2, 0) is 22.7 Å². The maximum absolute atomic E-state index is 11.7. The summed E-state index contributed by atoms with van der Waals surface area (Å²) < 4.78 is 12.0.